The average Bonchev–Trinajstić information content (AvgIpc) is 2.17. The molecule has 3 unspecified atom stereocenters. The Balaban J connectivity index is 2.80. The highest BCUT2D eigenvalue weighted by atomic mass is 16.3. The highest BCUT2D eigenvalue weighted by molar-refractivity contribution is 4.98. The van der Waals surface area contributed by atoms with Crippen LogP contribution in [0.5, 0.6) is 0 Å². The summed E-state index contributed by atoms with van der Waals surface area (Å²) in [7, 11) is 0. The maximum absolute atomic E-state index is 10.7. The molecule has 0 aliphatic heterocycles. The summed E-state index contributed by atoms with van der Waals surface area (Å²) < 4.78 is 0. The van der Waals surface area contributed by atoms with Crippen molar-refractivity contribution in [3.8, 4) is 0 Å². The van der Waals surface area contributed by atoms with Gasteiger partial charge < -0.3 is 10.2 Å². The van der Waals surface area contributed by atoms with Crippen molar-refractivity contribution in [2.24, 2.45) is 11.3 Å². The van der Waals surface area contributed by atoms with E-state index in [4.69, 9.17) is 0 Å². The van der Waals surface area contributed by atoms with Gasteiger partial charge in [0.2, 0.25) is 0 Å². The van der Waals surface area contributed by atoms with Crippen LogP contribution >= 0.6 is 0 Å². The first-order valence-electron chi connectivity index (χ1n) is 6.31. The van der Waals surface area contributed by atoms with Crippen LogP contribution in [0.1, 0.15) is 59.3 Å². The van der Waals surface area contributed by atoms with E-state index >= 15 is 0 Å². The Hall–Kier alpha value is -0.0800. The normalized spacial score (nSPS) is 36.2. The van der Waals surface area contributed by atoms with E-state index in [-0.39, 0.29) is 12.0 Å². The van der Waals surface area contributed by atoms with Crippen molar-refractivity contribution in [3.63, 3.8) is 0 Å². The number of aliphatic hydroxyl groups is 2. The van der Waals surface area contributed by atoms with Crippen LogP contribution in [-0.2, 0) is 0 Å². The molecule has 0 spiro atoms. The van der Waals surface area contributed by atoms with Crippen LogP contribution in [0.25, 0.3) is 0 Å². The largest absolute Gasteiger partial charge is 0.396 e. The number of hydrogen-bond donors (Lipinski definition) is 2. The molecule has 2 nitrogen and oxygen atoms in total. The summed E-state index contributed by atoms with van der Waals surface area (Å²) >= 11 is 0. The van der Waals surface area contributed by atoms with Crippen molar-refractivity contribution in [2.45, 2.75) is 64.9 Å². The summed E-state index contributed by atoms with van der Waals surface area (Å²) in [6, 6.07) is 0. The standard InChI is InChI=1S/C13H26O2/c1-4-7-12(3,10-14)13(15)8-5-6-11(2)9-13/h11,14-15H,4-10H2,1-3H3. The lowest BCUT2D eigenvalue weighted by Gasteiger charge is -2.48. The molecule has 0 aromatic heterocycles. The zero-order valence-electron chi connectivity index (χ0n) is 10.4. The van der Waals surface area contributed by atoms with Crippen LogP contribution < -0.4 is 0 Å². The molecule has 1 rings (SSSR count). The predicted molar refractivity (Wildman–Crippen MR) is 62.7 cm³/mol. The molecule has 0 aromatic rings. The van der Waals surface area contributed by atoms with Crippen molar-refractivity contribution < 1.29 is 10.2 Å². The lowest BCUT2D eigenvalue weighted by molar-refractivity contribution is -0.135. The smallest absolute Gasteiger partial charge is 0.0725 e. The van der Waals surface area contributed by atoms with E-state index in [2.05, 4.69) is 13.8 Å². The van der Waals surface area contributed by atoms with Crippen LogP contribution in [0.2, 0.25) is 0 Å². The Morgan fingerprint density at radius 2 is 2.13 bits per heavy atom. The molecule has 2 heteroatoms. The number of rotatable bonds is 4. The van der Waals surface area contributed by atoms with Gasteiger partial charge in [-0.3, -0.25) is 0 Å². The SMILES string of the molecule is CCCC(C)(CO)C1(O)CCCC(C)C1. The third kappa shape index (κ3) is 2.54. The molecule has 0 bridgehead atoms. The highest BCUT2D eigenvalue weighted by Crippen LogP contribution is 2.46. The molecule has 0 amide bonds. The fourth-order valence-electron chi connectivity index (χ4n) is 3.08. The monoisotopic (exact) mass is 214 g/mol. The summed E-state index contributed by atoms with van der Waals surface area (Å²) in [6.45, 7) is 6.45. The van der Waals surface area contributed by atoms with Crippen LogP contribution in [0, 0.1) is 11.3 Å². The second kappa shape index (κ2) is 4.84. The maximum atomic E-state index is 10.7. The predicted octanol–water partition coefficient (Wildman–Crippen LogP) is 2.73. The second-order valence-electron chi connectivity index (χ2n) is 5.70. The van der Waals surface area contributed by atoms with Gasteiger partial charge >= 0.3 is 0 Å². The van der Waals surface area contributed by atoms with E-state index in [1.54, 1.807) is 0 Å². The van der Waals surface area contributed by atoms with Crippen molar-refractivity contribution in [1.29, 1.82) is 0 Å². The Morgan fingerprint density at radius 3 is 2.60 bits per heavy atom. The van der Waals surface area contributed by atoms with Crippen LogP contribution in [0.4, 0.5) is 0 Å². The average molecular weight is 214 g/mol. The first-order chi connectivity index (χ1) is 6.97. The molecule has 15 heavy (non-hydrogen) atoms. The van der Waals surface area contributed by atoms with Crippen molar-refractivity contribution >= 4 is 0 Å². The molecule has 0 heterocycles. The molecule has 2 N–H and O–H groups in total. The Labute approximate surface area is 93.7 Å². The van der Waals surface area contributed by atoms with E-state index in [9.17, 15) is 10.2 Å². The lowest BCUT2D eigenvalue weighted by Crippen LogP contribution is -2.51. The zero-order chi connectivity index (χ0) is 11.5. The third-order valence-electron chi connectivity index (χ3n) is 4.25. The van der Waals surface area contributed by atoms with Gasteiger partial charge in [-0.15, -0.1) is 0 Å². The molecule has 3 atom stereocenters. The molecule has 0 saturated heterocycles. The van der Waals surface area contributed by atoms with E-state index in [0.717, 1.165) is 32.1 Å². The summed E-state index contributed by atoms with van der Waals surface area (Å²) in [5, 5.41) is 20.3. The van der Waals surface area contributed by atoms with Gasteiger partial charge in [-0.2, -0.15) is 0 Å². The van der Waals surface area contributed by atoms with Gasteiger partial charge in [0.15, 0.2) is 0 Å². The summed E-state index contributed by atoms with van der Waals surface area (Å²) in [6.07, 6.45) is 5.95. The minimum Gasteiger partial charge on any atom is -0.396 e. The molecule has 0 radical (unpaired) electrons. The van der Waals surface area contributed by atoms with Crippen LogP contribution in [0.15, 0.2) is 0 Å². The van der Waals surface area contributed by atoms with Gasteiger partial charge in [-0.05, 0) is 25.2 Å². The van der Waals surface area contributed by atoms with E-state index in [1.165, 1.54) is 6.42 Å². The van der Waals surface area contributed by atoms with Gasteiger partial charge in [-0.1, -0.05) is 40.0 Å². The molecule has 90 valence electrons. The molecule has 0 aromatic carbocycles. The maximum Gasteiger partial charge on any atom is 0.0725 e. The topological polar surface area (TPSA) is 40.5 Å². The lowest BCUT2D eigenvalue weighted by atomic mass is 9.62. The minimum atomic E-state index is -0.643. The third-order valence-corrected chi connectivity index (χ3v) is 4.25. The van der Waals surface area contributed by atoms with Gasteiger partial charge in [0, 0.05) is 5.41 Å². The van der Waals surface area contributed by atoms with Crippen molar-refractivity contribution in [1.82, 2.24) is 0 Å². The van der Waals surface area contributed by atoms with Gasteiger partial charge in [0.1, 0.15) is 0 Å². The molecule has 1 saturated carbocycles. The van der Waals surface area contributed by atoms with Crippen LogP contribution in [-0.4, -0.2) is 22.4 Å². The number of hydrogen-bond acceptors (Lipinski definition) is 2. The van der Waals surface area contributed by atoms with Gasteiger partial charge in [0.25, 0.3) is 0 Å². The molecular weight excluding hydrogens is 188 g/mol. The Bertz CT molecular complexity index is 205. The summed E-state index contributed by atoms with van der Waals surface area (Å²) in [4.78, 5) is 0. The van der Waals surface area contributed by atoms with Crippen molar-refractivity contribution in [2.75, 3.05) is 6.61 Å². The molecular formula is C13H26O2. The fraction of sp³-hybridized carbons (Fsp3) is 1.00. The van der Waals surface area contributed by atoms with Gasteiger partial charge in [-0.25, -0.2) is 0 Å². The minimum absolute atomic E-state index is 0.101. The first kappa shape index (κ1) is 13.0. The number of aliphatic hydroxyl groups excluding tert-OH is 1. The molecule has 1 aliphatic carbocycles. The van der Waals surface area contributed by atoms with E-state index in [1.807, 2.05) is 6.92 Å². The van der Waals surface area contributed by atoms with Crippen molar-refractivity contribution in [3.05, 3.63) is 0 Å². The second-order valence-corrected chi connectivity index (χ2v) is 5.70. The molecule has 1 fully saturated rings. The highest BCUT2D eigenvalue weighted by Gasteiger charge is 2.47. The summed E-state index contributed by atoms with van der Waals surface area (Å²) in [5.41, 5.74) is -0.953. The van der Waals surface area contributed by atoms with Gasteiger partial charge in [0.05, 0.1) is 12.2 Å². The van der Waals surface area contributed by atoms with E-state index in [0.29, 0.717) is 5.92 Å². The Morgan fingerprint density at radius 1 is 1.47 bits per heavy atom. The van der Waals surface area contributed by atoms with E-state index < -0.39 is 5.60 Å². The Kier molecular flexibility index (Phi) is 4.19. The summed E-state index contributed by atoms with van der Waals surface area (Å²) in [5.74, 6) is 0.589. The fourth-order valence-corrected chi connectivity index (χ4v) is 3.08. The molecule has 1 aliphatic rings. The van der Waals surface area contributed by atoms with Crippen LogP contribution in [0.3, 0.4) is 0 Å². The zero-order valence-corrected chi connectivity index (χ0v) is 10.4. The first-order valence-corrected chi connectivity index (χ1v) is 6.31. The quantitative estimate of drug-likeness (QED) is 0.755.